The number of ether oxygens (including phenoxy) is 4. The normalized spacial score (nSPS) is 12.5. The molecule has 4 aromatic rings. The van der Waals surface area contributed by atoms with Crippen LogP contribution in [0.5, 0.6) is 17.2 Å². The van der Waals surface area contributed by atoms with Crippen LogP contribution in [0.2, 0.25) is 0 Å². The van der Waals surface area contributed by atoms with Crippen molar-refractivity contribution in [2.75, 3.05) is 0 Å². The average Bonchev–Trinajstić information content (AvgIpc) is 3.06. The summed E-state index contributed by atoms with van der Waals surface area (Å²) in [5, 5.41) is -6.28. The molecule has 0 aliphatic rings. The van der Waals surface area contributed by atoms with Crippen LogP contribution in [0, 0.1) is 32.1 Å². The smallest absolute Gasteiger partial charge is 0.432 e. The third kappa shape index (κ3) is 12.3. The van der Waals surface area contributed by atoms with E-state index in [1.54, 1.807) is 81.6 Å². The van der Waals surface area contributed by atoms with Gasteiger partial charge in [-0.25, -0.2) is 27.6 Å². The maximum Gasteiger partial charge on any atom is 0.432 e. The molecule has 0 aliphatic carbocycles. The van der Waals surface area contributed by atoms with Crippen LogP contribution in [-0.2, 0) is 14.9 Å². The number of carbonyl (C=O) groups is 4. The SMILES string of the molecule is O=C(Oc1c(I)cc(I)cc1I)c1cc(C(=O)Oc2c(I)cc(I)cc2I)c(C(=O)OC(C(F)(F)F)C(F)(F)S(=O)(=O)[O-])cc1C(=O)Oc1c(I)cc(I)cc1I. The molecule has 1 unspecified atom stereocenters. The van der Waals surface area contributed by atoms with Gasteiger partial charge in [-0.1, -0.05) is 0 Å². The lowest BCUT2D eigenvalue weighted by Gasteiger charge is -2.30. The zero-order valence-electron chi connectivity index (χ0n) is 26.4. The van der Waals surface area contributed by atoms with Crippen LogP contribution in [-0.4, -0.2) is 54.4 Å². The number of alkyl halides is 5. The summed E-state index contributed by atoms with van der Waals surface area (Å²) in [7, 11) is -7.13. The van der Waals surface area contributed by atoms with Crippen molar-refractivity contribution in [3.05, 3.63) is 103 Å². The number of carbonyl (C=O) groups excluding carboxylic acids is 4. The van der Waals surface area contributed by atoms with Crippen molar-refractivity contribution >= 4 is 237 Å². The molecular formula is C31H9F5I9O11S-. The Hall–Kier alpha value is 0.890. The second-order valence-electron chi connectivity index (χ2n) is 10.6. The minimum atomic E-state index is -7.13. The summed E-state index contributed by atoms with van der Waals surface area (Å²) in [6.45, 7) is 0. The molecule has 0 amide bonds. The van der Waals surface area contributed by atoms with Gasteiger partial charge in [-0.2, -0.15) is 22.0 Å². The molecule has 304 valence electrons. The molecule has 0 saturated carbocycles. The Labute approximate surface area is 440 Å². The fraction of sp³-hybridized carbons (Fsp3) is 0.0968. The Morgan fingerprint density at radius 3 is 0.965 bits per heavy atom. The zero-order valence-corrected chi connectivity index (χ0v) is 46.6. The van der Waals surface area contributed by atoms with E-state index in [1.807, 2.05) is 158 Å². The van der Waals surface area contributed by atoms with Gasteiger partial charge >= 0.3 is 35.3 Å². The second kappa shape index (κ2) is 20.2. The fourth-order valence-corrected chi connectivity index (χ4v) is 16.1. The highest BCUT2D eigenvalue weighted by Gasteiger charge is 2.63. The van der Waals surface area contributed by atoms with Gasteiger partial charge in [0.15, 0.2) is 27.4 Å². The summed E-state index contributed by atoms with van der Waals surface area (Å²) in [4.78, 5) is 55.4. The lowest BCUT2D eigenvalue weighted by atomic mass is 9.97. The first-order valence-electron chi connectivity index (χ1n) is 14.0. The van der Waals surface area contributed by atoms with Crippen molar-refractivity contribution < 1.29 is 73.0 Å². The molecule has 0 fully saturated rings. The molecule has 26 heteroatoms. The van der Waals surface area contributed by atoms with Gasteiger partial charge in [-0.05, 0) is 252 Å². The van der Waals surface area contributed by atoms with E-state index in [0.717, 1.165) is 3.57 Å². The third-order valence-electron chi connectivity index (χ3n) is 6.67. The molecule has 0 aliphatic heterocycles. The van der Waals surface area contributed by atoms with E-state index < -0.39 is 73.8 Å². The van der Waals surface area contributed by atoms with Gasteiger partial charge in [0.1, 0.15) is 0 Å². The van der Waals surface area contributed by atoms with Gasteiger partial charge < -0.3 is 23.5 Å². The molecular weight excluding hydrogens is 1820 g/mol. The van der Waals surface area contributed by atoms with Gasteiger partial charge in [0, 0.05) is 10.7 Å². The molecule has 0 radical (unpaired) electrons. The minimum Gasteiger partial charge on any atom is -0.743 e. The predicted molar refractivity (Wildman–Crippen MR) is 265 cm³/mol. The molecule has 0 saturated heterocycles. The Bertz CT molecular complexity index is 2400. The summed E-state index contributed by atoms with van der Waals surface area (Å²) in [5.41, 5.74) is -4.31. The van der Waals surface area contributed by atoms with Crippen molar-refractivity contribution in [2.45, 2.75) is 17.5 Å². The molecule has 0 aromatic heterocycles. The van der Waals surface area contributed by atoms with E-state index in [2.05, 4.69) is 4.74 Å². The maximum atomic E-state index is 14.5. The number of rotatable bonds is 10. The van der Waals surface area contributed by atoms with E-state index in [1.165, 1.54) is 0 Å². The van der Waals surface area contributed by atoms with Crippen molar-refractivity contribution in [3.8, 4) is 17.2 Å². The summed E-state index contributed by atoms with van der Waals surface area (Å²) in [5.74, 6) is -7.12. The van der Waals surface area contributed by atoms with Crippen LogP contribution in [0.4, 0.5) is 22.0 Å². The highest BCUT2D eigenvalue weighted by molar-refractivity contribution is 14.1. The molecule has 11 nitrogen and oxygen atoms in total. The molecule has 1 atom stereocenters. The monoisotopic (exact) mass is 1830 g/mol. The number of halogens is 14. The Kier molecular flexibility index (Phi) is 17.9. The number of esters is 4. The third-order valence-corrected chi connectivity index (χ3v) is 14.2. The summed E-state index contributed by atoms with van der Waals surface area (Å²) < 4.78 is 130. The highest BCUT2D eigenvalue weighted by Crippen LogP contribution is 2.40. The van der Waals surface area contributed by atoms with E-state index in [9.17, 15) is 54.1 Å². The molecule has 4 aromatic carbocycles. The second-order valence-corrected chi connectivity index (χ2v) is 22.7. The minimum absolute atomic E-state index is 0.0210. The van der Waals surface area contributed by atoms with Crippen molar-refractivity contribution in [3.63, 3.8) is 0 Å². The molecule has 4 rings (SSSR count). The van der Waals surface area contributed by atoms with Crippen LogP contribution < -0.4 is 14.2 Å². The lowest BCUT2D eigenvalue weighted by Crippen LogP contribution is -2.52. The zero-order chi connectivity index (χ0) is 43.1. The van der Waals surface area contributed by atoms with Crippen LogP contribution in [0.15, 0.2) is 48.5 Å². The first-order valence-corrected chi connectivity index (χ1v) is 25.1. The maximum absolute atomic E-state index is 14.5. The van der Waals surface area contributed by atoms with Gasteiger partial charge in [-0.3, -0.25) is 0 Å². The molecule has 57 heavy (non-hydrogen) atoms. The van der Waals surface area contributed by atoms with E-state index >= 15 is 0 Å². The van der Waals surface area contributed by atoms with Gasteiger partial charge in [0.25, 0.3) is 6.10 Å². The first-order chi connectivity index (χ1) is 26.1. The lowest BCUT2D eigenvalue weighted by molar-refractivity contribution is -0.248. The Balaban J connectivity index is 2.03. The Morgan fingerprint density at radius 1 is 0.491 bits per heavy atom. The summed E-state index contributed by atoms with van der Waals surface area (Å²) in [6.07, 6.45) is -11.3. The number of benzene rings is 4. The van der Waals surface area contributed by atoms with Crippen LogP contribution in [0.3, 0.4) is 0 Å². The quantitative estimate of drug-likeness (QED) is 0.0488. The summed E-state index contributed by atoms with van der Waals surface area (Å²) in [6, 6.07) is 10.4. The van der Waals surface area contributed by atoms with Crippen molar-refractivity contribution in [1.29, 1.82) is 0 Å². The summed E-state index contributed by atoms with van der Waals surface area (Å²) >= 11 is 16.9. The van der Waals surface area contributed by atoms with E-state index in [0.29, 0.717) is 40.7 Å². The van der Waals surface area contributed by atoms with Crippen LogP contribution >= 0.6 is 203 Å². The number of hydrogen-bond acceptors (Lipinski definition) is 11. The van der Waals surface area contributed by atoms with Gasteiger partial charge in [0.05, 0.1) is 43.7 Å². The van der Waals surface area contributed by atoms with Crippen molar-refractivity contribution in [2.24, 2.45) is 0 Å². The van der Waals surface area contributed by atoms with Crippen LogP contribution in [0.25, 0.3) is 0 Å². The largest absolute Gasteiger partial charge is 0.743 e. The molecule has 0 bridgehead atoms. The van der Waals surface area contributed by atoms with Crippen molar-refractivity contribution in [1.82, 2.24) is 0 Å². The fourth-order valence-electron chi connectivity index (χ4n) is 4.23. The molecule has 0 N–H and O–H groups in total. The van der Waals surface area contributed by atoms with E-state index in [-0.39, 0.29) is 17.2 Å². The van der Waals surface area contributed by atoms with Crippen LogP contribution in [0.1, 0.15) is 41.4 Å². The highest BCUT2D eigenvalue weighted by atomic mass is 127. The molecule has 0 heterocycles. The van der Waals surface area contributed by atoms with Gasteiger partial charge in [0.2, 0.25) is 0 Å². The van der Waals surface area contributed by atoms with E-state index in [4.69, 9.17) is 14.2 Å². The standard InChI is InChI=1S/C31H10F5I9O11S/c32-30(33,34)29(31(35,36)57(50,51)52)56-28(49)15-8-13(26(47)54-23-18(42)3-10(38)4-19(23)43)12(25(46)53-22-16(40)1-9(37)2-17(22)41)7-14(15)27(48)55-24-20(44)5-11(39)6-21(24)45/h1-8,29H,(H,50,51,52)/p-1. The molecule has 0 spiro atoms. The number of hydrogen-bond donors (Lipinski definition) is 0. The Morgan fingerprint density at radius 2 is 0.737 bits per heavy atom. The topological polar surface area (TPSA) is 162 Å². The predicted octanol–water partition coefficient (Wildman–Crippen LogP) is 11.0. The average molecular weight is 1830 g/mol. The van der Waals surface area contributed by atoms with Gasteiger partial charge in [-0.15, -0.1) is 0 Å². The first kappa shape index (κ1) is 50.5.